The zero-order chi connectivity index (χ0) is 19.3. The van der Waals surface area contributed by atoms with Gasteiger partial charge in [0, 0.05) is 29.2 Å². The van der Waals surface area contributed by atoms with Crippen LogP contribution < -0.4 is 5.32 Å². The number of benzene rings is 1. The number of nitrogens with zero attached hydrogens (tertiary/aromatic N) is 1. The molecular formula is C23H29N3OS. The largest absolute Gasteiger partial charge is 0.467 e. The predicted molar refractivity (Wildman–Crippen MR) is 118 cm³/mol. The van der Waals surface area contributed by atoms with E-state index in [4.69, 9.17) is 16.6 Å². The maximum atomic E-state index is 5.82. The molecule has 0 unspecified atom stereocenters. The van der Waals surface area contributed by atoms with Gasteiger partial charge in [-0.2, -0.15) is 0 Å². The molecular weight excluding hydrogens is 366 g/mol. The Kier molecular flexibility index (Phi) is 6.01. The van der Waals surface area contributed by atoms with Crippen LogP contribution in [0.2, 0.25) is 0 Å². The molecule has 148 valence electrons. The first-order valence-corrected chi connectivity index (χ1v) is 10.8. The van der Waals surface area contributed by atoms with E-state index in [0.29, 0.717) is 12.6 Å². The molecule has 2 N–H and O–H groups in total. The Balaban J connectivity index is 1.48. The number of hydrogen-bond acceptors (Lipinski definition) is 2. The number of hydrogen-bond donors (Lipinski definition) is 2. The number of rotatable bonds is 6. The van der Waals surface area contributed by atoms with Gasteiger partial charge in [0.1, 0.15) is 5.76 Å². The van der Waals surface area contributed by atoms with E-state index >= 15 is 0 Å². The summed E-state index contributed by atoms with van der Waals surface area (Å²) in [5.41, 5.74) is 3.82. The predicted octanol–water partition coefficient (Wildman–Crippen LogP) is 5.32. The summed E-state index contributed by atoms with van der Waals surface area (Å²) in [6.45, 7) is 3.72. The Morgan fingerprint density at radius 1 is 1.18 bits per heavy atom. The summed E-state index contributed by atoms with van der Waals surface area (Å²) in [5, 5.41) is 5.78. The van der Waals surface area contributed by atoms with Crippen LogP contribution in [-0.4, -0.2) is 27.6 Å². The molecule has 0 radical (unpaired) electrons. The summed E-state index contributed by atoms with van der Waals surface area (Å²) < 4.78 is 5.60. The van der Waals surface area contributed by atoms with E-state index in [9.17, 15) is 0 Å². The minimum atomic E-state index is 0.509. The number of H-pyrrole nitrogens is 1. The average Bonchev–Trinajstić information content (AvgIpc) is 3.33. The van der Waals surface area contributed by atoms with E-state index in [2.05, 4.69) is 46.4 Å². The molecule has 1 aliphatic rings. The maximum Gasteiger partial charge on any atom is 0.169 e. The SMILES string of the molecule is Cc1[nH]c2ccccc2c1CCN(Cc1ccco1)C(=S)NC1CCCCC1. The van der Waals surface area contributed by atoms with Crippen molar-refractivity contribution >= 4 is 28.2 Å². The molecule has 1 fully saturated rings. The van der Waals surface area contributed by atoms with Crippen molar-refractivity contribution in [2.75, 3.05) is 6.54 Å². The number of aromatic amines is 1. The molecule has 4 rings (SSSR count). The summed E-state index contributed by atoms with van der Waals surface area (Å²) in [5.74, 6) is 0.948. The van der Waals surface area contributed by atoms with Crippen molar-refractivity contribution < 1.29 is 4.42 Å². The Bertz CT molecular complexity index is 909. The topological polar surface area (TPSA) is 44.2 Å². The van der Waals surface area contributed by atoms with Crippen LogP contribution in [0.15, 0.2) is 47.1 Å². The maximum absolute atomic E-state index is 5.82. The fourth-order valence-electron chi connectivity index (χ4n) is 4.26. The molecule has 0 atom stereocenters. The second-order valence-electron chi connectivity index (χ2n) is 7.81. The lowest BCUT2D eigenvalue weighted by atomic mass is 9.96. The highest BCUT2D eigenvalue weighted by atomic mass is 32.1. The van der Waals surface area contributed by atoms with Gasteiger partial charge in [-0.25, -0.2) is 0 Å². The van der Waals surface area contributed by atoms with Crippen molar-refractivity contribution in [3.63, 3.8) is 0 Å². The highest BCUT2D eigenvalue weighted by Crippen LogP contribution is 2.23. The van der Waals surface area contributed by atoms with E-state index in [1.54, 1.807) is 6.26 Å². The van der Waals surface area contributed by atoms with Crippen LogP contribution in [0.3, 0.4) is 0 Å². The van der Waals surface area contributed by atoms with Crippen LogP contribution in [-0.2, 0) is 13.0 Å². The van der Waals surface area contributed by atoms with E-state index in [0.717, 1.165) is 23.8 Å². The van der Waals surface area contributed by atoms with Gasteiger partial charge < -0.3 is 19.6 Å². The quantitative estimate of drug-likeness (QED) is 0.554. The number of nitrogens with one attached hydrogen (secondary N) is 2. The molecule has 0 bridgehead atoms. The van der Waals surface area contributed by atoms with Crippen LogP contribution in [0.4, 0.5) is 0 Å². The third-order valence-electron chi connectivity index (χ3n) is 5.81. The normalized spacial score (nSPS) is 15.0. The fourth-order valence-corrected chi connectivity index (χ4v) is 4.58. The number of fused-ring (bicyclic) bond motifs is 1. The molecule has 2 heterocycles. The first-order chi connectivity index (χ1) is 13.7. The second kappa shape index (κ2) is 8.82. The summed E-state index contributed by atoms with van der Waals surface area (Å²) >= 11 is 5.82. The number of furan rings is 1. The first kappa shape index (κ1) is 19.1. The number of aromatic nitrogens is 1. The second-order valence-corrected chi connectivity index (χ2v) is 8.20. The molecule has 1 aliphatic carbocycles. The van der Waals surface area contributed by atoms with E-state index < -0.39 is 0 Å². The van der Waals surface area contributed by atoms with E-state index in [-0.39, 0.29) is 0 Å². The van der Waals surface area contributed by atoms with Crippen molar-refractivity contribution in [3.8, 4) is 0 Å². The minimum absolute atomic E-state index is 0.509. The number of para-hydroxylation sites is 1. The molecule has 1 aromatic carbocycles. The highest BCUT2D eigenvalue weighted by Gasteiger charge is 2.19. The smallest absolute Gasteiger partial charge is 0.169 e. The monoisotopic (exact) mass is 395 g/mol. The van der Waals surface area contributed by atoms with Crippen molar-refractivity contribution in [2.45, 2.75) is 58.0 Å². The van der Waals surface area contributed by atoms with Crippen LogP contribution in [0.25, 0.3) is 10.9 Å². The Morgan fingerprint density at radius 3 is 2.79 bits per heavy atom. The number of thiocarbonyl (C=S) groups is 1. The van der Waals surface area contributed by atoms with Gasteiger partial charge in [0.25, 0.3) is 0 Å². The van der Waals surface area contributed by atoms with Crippen molar-refractivity contribution in [1.82, 2.24) is 15.2 Å². The van der Waals surface area contributed by atoms with Crippen LogP contribution in [0, 0.1) is 6.92 Å². The summed E-state index contributed by atoms with van der Waals surface area (Å²) in [4.78, 5) is 5.76. The van der Waals surface area contributed by atoms with Gasteiger partial charge in [-0.3, -0.25) is 0 Å². The van der Waals surface area contributed by atoms with Gasteiger partial charge in [0.05, 0.1) is 12.8 Å². The molecule has 2 aromatic heterocycles. The molecule has 0 aliphatic heterocycles. The van der Waals surface area contributed by atoms with E-state index in [1.807, 2.05) is 12.1 Å². The van der Waals surface area contributed by atoms with Gasteiger partial charge in [0.15, 0.2) is 5.11 Å². The first-order valence-electron chi connectivity index (χ1n) is 10.3. The molecule has 1 saturated carbocycles. The highest BCUT2D eigenvalue weighted by molar-refractivity contribution is 7.80. The molecule has 5 heteroatoms. The Labute approximate surface area is 172 Å². The minimum Gasteiger partial charge on any atom is -0.467 e. The van der Waals surface area contributed by atoms with Gasteiger partial charge in [-0.15, -0.1) is 0 Å². The van der Waals surface area contributed by atoms with Gasteiger partial charge in [-0.05, 0) is 62.2 Å². The lowest BCUT2D eigenvalue weighted by molar-refractivity contribution is 0.342. The third-order valence-corrected chi connectivity index (χ3v) is 6.18. The van der Waals surface area contributed by atoms with Gasteiger partial charge >= 0.3 is 0 Å². The summed E-state index contributed by atoms with van der Waals surface area (Å²) in [6.07, 6.45) is 9.06. The number of aryl methyl sites for hydroxylation is 1. The lowest BCUT2D eigenvalue weighted by Gasteiger charge is -2.30. The van der Waals surface area contributed by atoms with Crippen molar-refractivity contribution in [2.24, 2.45) is 0 Å². The summed E-state index contributed by atoms with van der Waals surface area (Å²) in [7, 11) is 0. The molecule has 4 nitrogen and oxygen atoms in total. The summed E-state index contributed by atoms with van der Waals surface area (Å²) in [6, 6.07) is 13.0. The Hall–Kier alpha value is -2.27. The molecule has 0 amide bonds. The zero-order valence-corrected chi connectivity index (χ0v) is 17.4. The van der Waals surface area contributed by atoms with Gasteiger partial charge in [0.2, 0.25) is 0 Å². The van der Waals surface area contributed by atoms with Crippen LogP contribution in [0.1, 0.15) is 49.1 Å². The standard InChI is InChI=1S/C23H29N3OS/c1-17-20(21-11-5-6-12-22(21)24-17)13-14-26(16-19-10-7-15-27-19)23(28)25-18-8-3-2-4-9-18/h5-7,10-12,15,18,24H,2-4,8-9,13-14,16H2,1H3,(H,25,28). The van der Waals surface area contributed by atoms with Crippen molar-refractivity contribution in [3.05, 3.63) is 59.7 Å². The lowest BCUT2D eigenvalue weighted by Crippen LogP contribution is -2.45. The zero-order valence-electron chi connectivity index (χ0n) is 16.5. The molecule has 3 aromatic rings. The van der Waals surface area contributed by atoms with E-state index in [1.165, 1.54) is 54.3 Å². The van der Waals surface area contributed by atoms with Crippen LogP contribution in [0.5, 0.6) is 0 Å². The van der Waals surface area contributed by atoms with Crippen LogP contribution >= 0.6 is 12.2 Å². The Morgan fingerprint density at radius 2 is 2.00 bits per heavy atom. The molecule has 0 spiro atoms. The third kappa shape index (κ3) is 4.41. The van der Waals surface area contributed by atoms with Gasteiger partial charge in [-0.1, -0.05) is 37.5 Å². The molecule has 28 heavy (non-hydrogen) atoms. The molecule has 0 saturated heterocycles. The average molecular weight is 396 g/mol. The van der Waals surface area contributed by atoms with Crippen molar-refractivity contribution in [1.29, 1.82) is 0 Å². The fraction of sp³-hybridized carbons (Fsp3) is 0.435.